The average Bonchev–Trinajstić information content (AvgIpc) is 3.29. The molecular weight excluding hydrogens is 378 g/mol. The second-order valence-corrected chi connectivity index (χ2v) is 6.88. The van der Waals surface area contributed by atoms with E-state index in [0.29, 0.717) is 22.7 Å². The lowest BCUT2D eigenvalue weighted by Gasteiger charge is -2.13. The maximum Gasteiger partial charge on any atom is 0.263 e. The van der Waals surface area contributed by atoms with Crippen LogP contribution in [-0.2, 0) is 0 Å². The Morgan fingerprint density at radius 3 is 2.46 bits per heavy atom. The smallest absolute Gasteiger partial charge is 0.263 e. The molecular formula is C19H17N5O3S. The number of hydrogen-bond acceptors (Lipinski definition) is 7. The highest BCUT2D eigenvalue weighted by Gasteiger charge is 2.19. The summed E-state index contributed by atoms with van der Waals surface area (Å²) in [6, 6.07) is 12.7. The molecule has 2 aromatic heterocycles. The van der Waals surface area contributed by atoms with Crippen molar-refractivity contribution in [1.29, 1.82) is 0 Å². The van der Waals surface area contributed by atoms with Crippen LogP contribution in [0.1, 0.15) is 16.2 Å². The van der Waals surface area contributed by atoms with Crippen molar-refractivity contribution in [1.82, 2.24) is 19.8 Å². The van der Waals surface area contributed by atoms with Crippen LogP contribution in [0.2, 0.25) is 0 Å². The zero-order chi connectivity index (χ0) is 19.7. The molecule has 0 fully saturated rings. The molecule has 0 aliphatic heterocycles. The molecule has 4 rings (SSSR count). The first-order chi connectivity index (χ1) is 13.6. The number of aromatic nitrogens is 4. The fourth-order valence-corrected chi connectivity index (χ4v) is 3.71. The van der Waals surface area contributed by atoms with Gasteiger partial charge in [0.15, 0.2) is 5.82 Å². The van der Waals surface area contributed by atoms with E-state index in [9.17, 15) is 4.79 Å². The number of carbonyl (C=O) groups is 1. The first-order valence-corrected chi connectivity index (χ1v) is 9.24. The largest absolute Gasteiger partial charge is 0.496 e. The molecule has 8 nitrogen and oxygen atoms in total. The van der Waals surface area contributed by atoms with Crippen LogP contribution in [-0.4, -0.2) is 39.9 Å². The Morgan fingerprint density at radius 2 is 1.79 bits per heavy atom. The molecule has 9 heteroatoms. The number of hydrogen-bond donors (Lipinski definition) is 1. The van der Waals surface area contributed by atoms with Crippen LogP contribution in [0.15, 0.2) is 42.5 Å². The minimum Gasteiger partial charge on any atom is -0.496 e. The first kappa shape index (κ1) is 17.9. The van der Waals surface area contributed by atoms with Gasteiger partial charge in [-0.15, -0.1) is 10.2 Å². The van der Waals surface area contributed by atoms with Crippen molar-refractivity contribution >= 4 is 27.9 Å². The van der Waals surface area contributed by atoms with Crippen molar-refractivity contribution in [3.05, 3.63) is 53.9 Å². The molecule has 28 heavy (non-hydrogen) atoms. The van der Waals surface area contributed by atoms with Gasteiger partial charge in [0, 0.05) is 11.3 Å². The van der Waals surface area contributed by atoms with Crippen LogP contribution in [0.25, 0.3) is 15.5 Å². The Labute approximate surface area is 164 Å². The summed E-state index contributed by atoms with van der Waals surface area (Å²) in [5, 5.41) is 16.3. The molecule has 2 aromatic carbocycles. The number of carbonyl (C=O) groups excluding carboxylic acids is 1. The van der Waals surface area contributed by atoms with Gasteiger partial charge in [-0.1, -0.05) is 29.5 Å². The number of methoxy groups -OCH3 is 2. The quantitative estimate of drug-likeness (QED) is 0.557. The van der Waals surface area contributed by atoms with Crippen molar-refractivity contribution in [3.63, 3.8) is 0 Å². The molecule has 0 aliphatic carbocycles. The van der Waals surface area contributed by atoms with Crippen molar-refractivity contribution < 1.29 is 14.3 Å². The third-order valence-corrected chi connectivity index (χ3v) is 5.12. The number of ether oxygens (including phenoxy) is 2. The van der Waals surface area contributed by atoms with Gasteiger partial charge in [0.05, 0.1) is 14.2 Å². The molecule has 4 aromatic rings. The zero-order valence-corrected chi connectivity index (χ0v) is 16.3. The van der Waals surface area contributed by atoms with Crippen molar-refractivity contribution in [2.45, 2.75) is 6.92 Å². The van der Waals surface area contributed by atoms with Gasteiger partial charge < -0.3 is 14.8 Å². The number of fused-ring (bicyclic) bond motifs is 1. The number of benzene rings is 2. The molecule has 0 bridgehead atoms. The molecule has 2 heterocycles. The summed E-state index contributed by atoms with van der Waals surface area (Å²) < 4.78 is 12.3. The number of anilines is 1. The van der Waals surface area contributed by atoms with Gasteiger partial charge in [-0.2, -0.15) is 9.61 Å². The van der Waals surface area contributed by atoms with Gasteiger partial charge in [-0.05, 0) is 31.2 Å². The minimum atomic E-state index is -0.319. The molecule has 0 unspecified atom stereocenters. The molecule has 0 saturated heterocycles. The normalized spacial score (nSPS) is 10.8. The molecule has 0 spiro atoms. The predicted octanol–water partition coefficient (Wildman–Crippen LogP) is 3.43. The van der Waals surface area contributed by atoms with E-state index in [1.165, 1.54) is 25.6 Å². The van der Waals surface area contributed by atoms with Crippen molar-refractivity contribution in [2.24, 2.45) is 0 Å². The zero-order valence-electron chi connectivity index (χ0n) is 15.5. The lowest BCUT2D eigenvalue weighted by molar-refractivity contribution is 0.102. The van der Waals surface area contributed by atoms with E-state index in [2.05, 4.69) is 20.6 Å². The lowest BCUT2D eigenvalue weighted by Crippen LogP contribution is -2.14. The number of rotatable bonds is 5. The van der Waals surface area contributed by atoms with Gasteiger partial charge in [0.1, 0.15) is 22.1 Å². The van der Waals surface area contributed by atoms with Gasteiger partial charge in [0.25, 0.3) is 5.91 Å². The number of nitrogens with one attached hydrogen (secondary N) is 1. The maximum atomic E-state index is 12.9. The monoisotopic (exact) mass is 395 g/mol. The summed E-state index contributed by atoms with van der Waals surface area (Å²) >= 11 is 1.43. The predicted molar refractivity (Wildman–Crippen MR) is 106 cm³/mol. The van der Waals surface area contributed by atoms with Crippen LogP contribution in [0.4, 0.5) is 5.69 Å². The Balaban J connectivity index is 1.64. The summed E-state index contributed by atoms with van der Waals surface area (Å²) in [6.07, 6.45) is 0. The lowest BCUT2D eigenvalue weighted by atomic mass is 10.1. The topological polar surface area (TPSA) is 90.6 Å². The van der Waals surface area contributed by atoms with E-state index in [1.54, 1.807) is 22.7 Å². The highest BCUT2D eigenvalue weighted by molar-refractivity contribution is 7.19. The van der Waals surface area contributed by atoms with E-state index in [-0.39, 0.29) is 5.91 Å². The highest BCUT2D eigenvalue weighted by Crippen LogP contribution is 2.31. The number of aryl methyl sites for hydroxylation is 1. The van der Waals surface area contributed by atoms with Gasteiger partial charge in [-0.3, -0.25) is 4.79 Å². The van der Waals surface area contributed by atoms with Crippen LogP contribution in [0.3, 0.4) is 0 Å². The summed E-state index contributed by atoms with van der Waals surface area (Å²) in [4.78, 5) is 13.6. The third kappa shape index (κ3) is 3.16. The first-order valence-electron chi connectivity index (χ1n) is 8.42. The molecule has 0 saturated carbocycles. The van der Waals surface area contributed by atoms with Gasteiger partial charge in [-0.25, -0.2) is 0 Å². The maximum absolute atomic E-state index is 12.9. The van der Waals surface area contributed by atoms with Crippen molar-refractivity contribution in [3.8, 4) is 22.1 Å². The van der Waals surface area contributed by atoms with Crippen molar-refractivity contribution in [2.75, 3.05) is 19.5 Å². The van der Waals surface area contributed by atoms with Crippen LogP contribution >= 0.6 is 11.3 Å². The summed E-state index contributed by atoms with van der Waals surface area (Å²) in [5.41, 5.74) is 1.85. The summed E-state index contributed by atoms with van der Waals surface area (Å²) in [5.74, 6) is 1.29. The van der Waals surface area contributed by atoms with Crippen LogP contribution in [0, 0.1) is 6.92 Å². The fraction of sp³-hybridized carbons (Fsp3) is 0.158. The molecule has 1 amide bonds. The fourth-order valence-electron chi connectivity index (χ4n) is 2.83. The summed E-state index contributed by atoms with van der Waals surface area (Å²) in [7, 11) is 3.03. The Bertz CT molecular complexity index is 1150. The van der Waals surface area contributed by atoms with E-state index < -0.39 is 0 Å². The van der Waals surface area contributed by atoms with Crippen LogP contribution in [0.5, 0.6) is 11.5 Å². The van der Waals surface area contributed by atoms with E-state index >= 15 is 0 Å². The minimum absolute atomic E-state index is 0.319. The second kappa shape index (κ2) is 7.28. The van der Waals surface area contributed by atoms with Gasteiger partial charge >= 0.3 is 0 Å². The highest BCUT2D eigenvalue weighted by atomic mass is 32.1. The molecule has 0 atom stereocenters. The summed E-state index contributed by atoms with van der Waals surface area (Å²) in [6.45, 7) is 1.85. The van der Waals surface area contributed by atoms with E-state index in [1.807, 2.05) is 31.2 Å². The average molecular weight is 395 g/mol. The molecule has 142 valence electrons. The SMILES string of the molecule is COc1cccc(OC)c1C(=O)Nc1cccc(-c2nn3c(C)nnc3s2)c1. The Morgan fingerprint density at radius 1 is 1.07 bits per heavy atom. The second-order valence-electron chi connectivity index (χ2n) is 5.92. The van der Waals surface area contributed by atoms with Gasteiger partial charge in [0.2, 0.25) is 4.96 Å². The Kier molecular flexibility index (Phi) is 4.66. The standard InChI is InChI=1S/C19H17N5O3S/c1-11-21-22-19-24(11)23-18(28-19)12-6-4-7-13(10-12)20-17(25)16-14(26-2)8-5-9-15(16)27-3/h4-10H,1-3H3,(H,20,25). The van der Waals surface area contributed by atoms with E-state index in [4.69, 9.17) is 9.47 Å². The van der Waals surface area contributed by atoms with Crippen LogP contribution < -0.4 is 14.8 Å². The Hall–Kier alpha value is -3.46. The number of nitrogens with zero attached hydrogens (tertiary/aromatic N) is 4. The van der Waals surface area contributed by atoms with E-state index in [0.717, 1.165) is 21.4 Å². The third-order valence-electron chi connectivity index (χ3n) is 4.17. The molecule has 0 radical (unpaired) electrons. The number of amides is 1. The molecule has 1 N–H and O–H groups in total. The molecule has 0 aliphatic rings.